The lowest BCUT2D eigenvalue weighted by atomic mass is 10.3. The number of unbranched alkanes of at least 4 members (excludes halogenated alkanes) is 1. The highest BCUT2D eigenvalue weighted by molar-refractivity contribution is 6.33. The van der Waals surface area contributed by atoms with E-state index in [2.05, 4.69) is 0 Å². The predicted octanol–water partition coefficient (Wildman–Crippen LogP) is 1.58. The minimum Gasteiger partial charge on any atom is -0.303 e. The molecule has 0 heterocycles. The van der Waals surface area contributed by atoms with Gasteiger partial charge in [0.05, 0.1) is 0 Å². The third-order valence-corrected chi connectivity index (χ3v) is 0.987. The van der Waals surface area contributed by atoms with E-state index in [1.54, 1.807) is 0 Å². The minimum absolute atomic E-state index is 0.524. The molecule has 8 heavy (non-hydrogen) atoms. The number of halogens is 2. The Balaban J connectivity index is 2.81. The van der Waals surface area contributed by atoms with E-state index in [1.165, 1.54) is 0 Å². The van der Waals surface area contributed by atoms with E-state index in [0.717, 1.165) is 16.6 Å². The fourth-order valence-electron chi connectivity index (χ4n) is 0.294. The molecule has 0 unspecified atom stereocenters. The maximum Gasteiger partial charge on any atom is 0.120 e. The molecule has 0 aliphatic heterocycles. The highest BCUT2D eigenvalue weighted by Gasteiger charge is 1.91. The fraction of sp³-hybridized carbons (Fsp3) is 0.750. The van der Waals surface area contributed by atoms with Crippen LogP contribution >= 0.6 is 23.6 Å². The van der Waals surface area contributed by atoms with Crippen molar-refractivity contribution in [3.8, 4) is 0 Å². The smallest absolute Gasteiger partial charge is 0.120 e. The van der Waals surface area contributed by atoms with Crippen LogP contribution in [0, 0.1) is 0 Å². The number of rotatable bonds is 4. The van der Waals surface area contributed by atoms with Gasteiger partial charge in [0, 0.05) is 13.0 Å². The van der Waals surface area contributed by atoms with Crippen molar-refractivity contribution in [2.75, 3.05) is 6.54 Å². The number of nitrogens with zero attached hydrogens (tertiary/aromatic N) is 1. The highest BCUT2D eigenvalue weighted by Crippen LogP contribution is 1.99. The van der Waals surface area contributed by atoms with Gasteiger partial charge in [0.25, 0.3) is 0 Å². The van der Waals surface area contributed by atoms with Gasteiger partial charge in [-0.3, -0.25) is 0 Å². The van der Waals surface area contributed by atoms with Crippen LogP contribution in [-0.4, -0.2) is 16.8 Å². The van der Waals surface area contributed by atoms with Crippen molar-refractivity contribution in [3.05, 3.63) is 0 Å². The summed E-state index contributed by atoms with van der Waals surface area (Å²) in [5, 5.41) is 0. The Morgan fingerprint density at radius 1 is 1.50 bits per heavy atom. The lowest BCUT2D eigenvalue weighted by Gasteiger charge is -1.98. The van der Waals surface area contributed by atoms with E-state index in [4.69, 9.17) is 23.6 Å². The summed E-state index contributed by atoms with van der Waals surface area (Å²) in [6, 6.07) is 0. The van der Waals surface area contributed by atoms with E-state index >= 15 is 0 Å². The van der Waals surface area contributed by atoms with Crippen molar-refractivity contribution in [1.82, 2.24) is 3.94 Å². The fourth-order valence-corrected chi connectivity index (χ4v) is 0.533. The quantitative estimate of drug-likeness (QED) is 0.349. The molecule has 0 saturated carbocycles. The van der Waals surface area contributed by atoms with Crippen LogP contribution in [0.25, 0.3) is 0 Å². The molecular formula is C4H7Cl2NO. The van der Waals surface area contributed by atoms with Crippen molar-refractivity contribution in [1.29, 1.82) is 0 Å². The molecule has 0 radical (unpaired) electrons. The average molecular weight is 156 g/mol. The van der Waals surface area contributed by atoms with Crippen molar-refractivity contribution >= 4 is 29.8 Å². The van der Waals surface area contributed by atoms with Gasteiger partial charge in [0.15, 0.2) is 0 Å². The van der Waals surface area contributed by atoms with Gasteiger partial charge in [0.2, 0.25) is 0 Å². The molecule has 0 atom stereocenters. The van der Waals surface area contributed by atoms with E-state index in [1.807, 2.05) is 0 Å². The molecule has 0 N–H and O–H groups in total. The summed E-state index contributed by atoms with van der Waals surface area (Å²) in [6.07, 6.45) is 2.09. The second-order valence-electron chi connectivity index (χ2n) is 1.34. The zero-order chi connectivity index (χ0) is 6.41. The first-order valence-corrected chi connectivity index (χ1v) is 2.97. The van der Waals surface area contributed by atoms with Crippen LogP contribution in [0.5, 0.6) is 0 Å². The molecule has 0 aliphatic carbocycles. The SMILES string of the molecule is O=CCCCN(Cl)Cl. The van der Waals surface area contributed by atoms with Gasteiger partial charge in [0.1, 0.15) is 6.29 Å². The number of carbonyl (C=O) groups excluding carboxylic acids is 1. The van der Waals surface area contributed by atoms with Crippen LogP contribution in [0.4, 0.5) is 0 Å². The molecule has 0 fully saturated rings. The van der Waals surface area contributed by atoms with Crippen molar-refractivity contribution in [2.45, 2.75) is 12.8 Å². The molecule has 0 rings (SSSR count). The van der Waals surface area contributed by atoms with Gasteiger partial charge in [-0.2, -0.15) is 0 Å². The summed E-state index contributed by atoms with van der Waals surface area (Å²) < 4.78 is 1.02. The number of hydrogen-bond acceptors (Lipinski definition) is 2. The van der Waals surface area contributed by atoms with E-state index in [-0.39, 0.29) is 0 Å². The molecule has 0 amide bonds. The molecule has 0 aromatic heterocycles. The van der Waals surface area contributed by atoms with E-state index in [0.29, 0.717) is 13.0 Å². The van der Waals surface area contributed by atoms with Crippen LogP contribution in [0.2, 0.25) is 0 Å². The minimum atomic E-state index is 0.524. The van der Waals surface area contributed by atoms with Crippen LogP contribution in [-0.2, 0) is 4.79 Å². The molecule has 0 spiro atoms. The van der Waals surface area contributed by atoms with Gasteiger partial charge in [-0.05, 0) is 30.0 Å². The standard InChI is InChI=1S/C4H7Cl2NO/c5-7(6)3-1-2-4-8/h4H,1-3H2. The zero-order valence-corrected chi connectivity index (χ0v) is 5.82. The van der Waals surface area contributed by atoms with Gasteiger partial charge in [-0.25, -0.2) is 0 Å². The summed E-state index contributed by atoms with van der Waals surface area (Å²) in [7, 11) is 0. The first-order valence-electron chi connectivity index (χ1n) is 2.30. The van der Waals surface area contributed by atoms with Crippen LogP contribution < -0.4 is 0 Å². The van der Waals surface area contributed by atoms with Crippen molar-refractivity contribution < 1.29 is 4.79 Å². The number of hydrogen-bond donors (Lipinski definition) is 0. The van der Waals surface area contributed by atoms with Crippen LogP contribution in [0.15, 0.2) is 0 Å². The molecule has 2 nitrogen and oxygen atoms in total. The van der Waals surface area contributed by atoms with Crippen molar-refractivity contribution in [3.63, 3.8) is 0 Å². The molecule has 0 bridgehead atoms. The summed E-state index contributed by atoms with van der Waals surface area (Å²) in [5.74, 6) is 0. The monoisotopic (exact) mass is 155 g/mol. The molecule has 0 aliphatic rings. The first-order chi connectivity index (χ1) is 3.77. The highest BCUT2D eigenvalue weighted by atomic mass is 35.5. The molecular weight excluding hydrogens is 149 g/mol. The summed E-state index contributed by atoms with van der Waals surface area (Å²) in [4.78, 5) is 9.68. The Morgan fingerprint density at radius 2 is 2.12 bits per heavy atom. The molecule has 48 valence electrons. The maximum atomic E-state index is 9.68. The first kappa shape index (κ1) is 8.21. The lowest BCUT2D eigenvalue weighted by molar-refractivity contribution is -0.107. The average Bonchev–Trinajstić information content (AvgIpc) is 1.66. The topological polar surface area (TPSA) is 20.3 Å². The Kier molecular flexibility index (Phi) is 5.49. The van der Waals surface area contributed by atoms with Gasteiger partial charge in [-0.15, -0.1) is 3.94 Å². The molecule has 0 aromatic carbocycles. The largest absolute Gasteiger partial charge is 0.303 e. The summed E-state index contributed by atoms with van der Waals surface area (Å²) in [5.41, 5.74) is 0. The predicted molar refractivity (Wildman–Crippen MR) is 33.7 cm³/mol. The summed E-state index contributed by atoms with van der Waals surface area (Å²) >= 11 is 10.4. The van der Waals surface area contributed by atoms with Gasteiger partial charge < -0.3 is 4.79 Å². The third-order valence-electron chi connectivity index (χ3n) is 0.649. The Labute approximate surface area is 58.6 Å². The second-order valence-corrected chi connectivity index (χ2v) is 2.32. The maximum absolute atomic E-state index is 9.68. The Morgan fingerprint density at radius 3 is 2.50 bits per heavy atom. The van der Waals surface area contributed by atoms with Crippen molar-refractivity contribution in [2.24, 2.45) is 0 Å². The van der Waals surface area contributed by atoms with Gasteiger partial charge in [-0.1, -0.05) is 0 Å². The third kappa shape index (κ3) is 6.21. The Hall–Kier alpha value is 0.210. The molecule has 4 heteroatoms. The zero-order valence-electron chi connectivity index (χ0n) is 4.31. The summed E-state index contributed by atoms with van der Waals surface area (Å²) in [6.45, 7) is 0.544. The lowest BCUT2D eigenvalue weighted by Crippen LogP contribution is -1.99. The molecule has 0 aromatic rings. The second kappa shape index (κ2) is 5.35. The van der Waals surface area contributed by atoms with Crippen LogP contribution in [0.1, 0.15) is 12.8 Å². The number of aldehydes is 1. The van der Waals surface area contributed by atoms with Gasteiger partial charge >= 0.3 is 0 Å². The Bertz CT molecular complexity index is 67.1. The number of carbonyl (C=O) groups is 1. The normalized spacial score (nSPS) is 9.88. The van der Waals surface area contributed by atoms with Crippen LogP contribution in [0.3, 0.4) is 0 Å². The molecule has 0 saturated heterocycles. The van der Waals surface area contributed by atoms with E-state index in [9.17, 15) is 4.79 Å². The van der Waals surface area contributed by atoms with E-state index < -0.39 is 0 Å².